The average Bonchev–Trinajstić information content (AvgIpc) is 3.19. The van der Waals surface area contributed by atoms with E-state index in [0.717, 1.165) is 18.0 Å². The molecule has 1 aliphatic heterocycles. The monoisotopic (exact) mass is 354 g/mol. The van der Waals surface area contributed by atoms with Crippen molar-refractivity contribution in [2.45, 2.75) is 19.4 Å². The molecule has 1 aliphatic rings. The van der Waals surface area contributed by atoms with Crippen LogP contribution in [0, 0.1) is 0 Å². The van der Waals surface area contributed by atoms with Gasteiger partial charge in [0.05, 0.1) is 13.7 Å². The number of ether oxygens (including phenoxy) is 2. The van der Waals surface area contributed by atoms with Crippen molar-refractivity contribution >= 4 is 5.91 Å². The van der Waals surface area contributed by atoms with Crippen LogP contribution < -0.4 is 14.8 Å². The van der Waals surface area contributed by atoms with E-state index in [9.17, 15) is 4.79 Å². The molecule has 1 heterocycles. The van der Waals surface area contributed by atoms with Gasteiger partial charge in [0.15, 0.2) is 0 Å². The second-order valence-electron chi connectivity index (χ2n) is 6.46. The number of nitrogens with one attached hydrogen (secondary N) is 1. The Morgan fingerprint density at radius 3 is 2.54 bits per heavy atom. The van der Waals surface area contributed by atoms with Crippen LogP contribution in [0.25, 0.3) is 0 Å². The van der Waals surface area contributed by atoms with Crippen molar-refractivity contribution in [2.75, 3.05) is 33.4 Å². The van der Waals surface area contributed by atoms with Crippen LogP contribution in [0.3, 0.4) is 0 Å². The lowest BCUT2D eigenvalue weighted by Gasteiger charge is -2.14. The maximum absolute atomic E-state index is 12.2. The van der Waals surface area contributed by atoms with Crippen LogP contribution in [0.15, 0.2) is 48.5 Å². The van der Waals surface area contributed by atoms with E-state index < -0.39 is 0 Å². The summed E-state index contributed by atoms with van der Waals surface area (Å²) < 4.78 is 10.8. The van der Waals surface area contributed by atoms with E-state index in [1.807, 2.05) is 48.5 Å². The van der Waals surface area contributed by atoms with Gasteiger partial charge in [0, 0.05) is 18.2 Å². The number of likely N-dealkylation sites (tertiary alicyclic amines) is 1. The maximum Gasteiger partial charge on any atom is 0.251 e. The lowest BCUT2D eigenvalue weighted by molar-refractivity contribution is 0.0947. The van der Waals surface area contributed by atoms with Crippen LogP contribution in [0.1, 0.15) is 28.8 Å². The molecule has 2 aromatic rings. The summed E-state index contributed by atoms with van der Waals surface area (Å²) in [4.78, 5) is 14.7. The van der Waals surface area contributed by atoms with Crippen molar-refractivity contribution in [3.05, 3.63) is 59.7 Å². The Bertz CT molecular complexity index is 709. The summed E-state index contributed by atoms with van der Waals surface area (Å²) in [5.74, 6) is 1.40. The van der Waals surface area contributed by atoms with E-state index in [2.05, 4.69) is 10.2 Å². The van der Waals surface area contributed by atoms with Gasteiger partial charge in [-0.3, -0.25) is 9.69 Å². The third-order valence-electron chi connectivity index (χ3n) is 4.52. The van der Waals surface area contributed by atoms with E-state index in [1.54, 1.807) is 7.11 Å². The molecule has 1 amide bonds. The first-order chi connectivity index (χ1) is 12.7. The summed E-state index contributed by atoms with van der Waals surface area (Å²) >= 11 is 0. The zero-order chi connectivity index (χ0) is 18.2. The predicted molar refractivity (Wildman–Crippen MR) is 102 cm³/mol. The number of hydrogen-bond donors (Lipinski definition) is 1. The van der Waals surface area contributed by atoms with Crippen LogP contribution in [0.4, 0.5) is 0 Å². The molecule has 1 saturated heterocycles. The molecule has 1 fully saturated rings. The summed E-state index contributed by atoms with van der Waals surface area (Å²) in [5, 5.41) is 2.88. The largest absolute Gasteiger partial charge is 0.497 e. The van der Waals surface area contributed by atoms with Crippen molar-refractivity contribution in [2.24, 2.45) is 0 Å². The van der Waals surface area contributed by atoms with Crippen LogP contribution in [0.2, 0.25) is 0 Å². The highest BCUT2D eigenvalue weighted by molar-refractivity contribution is 5.94. The molecule has 0 aliphatic carbocycles. The van der Waals surface area contributed by atoms with Crippen molar-refractivity contribution in [3.8, 4) is 11.5 Å². The molecule has 1 N–H and O–H groups in total. The molecule has 0 bridgehead atoms. The summed E-state index contributed by atoms with van der Waals surface area (Å²) in [6.45, 7) is 4.18. The van der Waals surface area contributed by atoms with Gasteiger partial charge in [-0.1, -0.05) is 18.2 Å². The quantitative estimate of drug-likeness (QED) is 0.740. The predicted octanol–water partition coefficient (Wildman–Crippen LogP) is 3.10. The highest BCUT2D eigenvalue weighted by atomic mass is 16.5. The number of carbonyl (C=O) groups is 1. The van der Waals surface area contributed by atoms with Crippen molar-refractivity contribution in [1.82, 2.24) is 10.2 Å². The molecular weight excluding hydrogens is 328 g/mol. The van der Waals surface area contributed by atoms with Crippen molar-refractivity contribution < 1.29 is 14.3 Å². The number of hydrogen-bond acceptors (Lipinski definition) is 4. The van der Waals surface area contributed by atoms with Crippen LogP contribution in [-0.4, -0.2) is 44.2 Å². The zero-order valence-corrected chi connectivity index (χ0v) is 15.2. The lowest BCUT2D eigenvalue weighted by Crippen LogP contribution is -2.28. The van der Waals surface area contributed by atoms with Gasteiger partial charge in [-0.15, -0.1) is 0 Å². The van der Waals surface area contributed by atoms with Crippen LogP contribution >= 0.6 is 0 Å². The fraction of sp³-hybridized carbons (Fsp3) is 0.381. The Kier molecular flexibility index (Phi) is 6.50. The summed E-state index contributed by atoms with van der Waals surface area (Å²) in [6, 6.07) is 15.3. The first-order valence-electron chi connectivity index (χ1n) is 9.11. The van der Waals surface area contributed by atoms with E-state index >= 15 is 0 Å². The van der Waals surface area contributed by atoms with Gasteiger partial charge < -0.3 is 14.8 Å². The number of rotatable bonds is 8. The Balaban J connectivity index is 1.41. The molecule has 5 heteroatoms. The number of carbonyl (C=O) groups excluding carboxylic acids is 1. The Hall–Kier alpha value is -2.53. The SMILES string of the molecule is COc1cccc(OCCNC(=O)c2ccc(CN3CCCC3)cc2)c1. The van der Waals surface area contributed by atoms with E-state index in [1.165, 1.54) is 31.5 Å². The normalized spacial score (nSPS) is 14.2. The third kappa shape index (κ3) is 5.23. The van der Waals surface area contributed by atoms with Crippen LogP contribution in [-0.2, 0) is 6.54 Å². The number of nitrogens with zero attached hydrogens (tertiary/aromatic N) is 1. The number of methoxy groups -OCH3 is 1. The average molecular weight is 354 g/mol. The van der Waals surface area contributed by atoms with Crippen LogP contribution in [0.5, 0.6) is 11.5 Å². The zero-order valence-electron chi connectivity index (χ0n) is 15.2. The van der Waals surface area contributed by atoms with Gasteiger partial charge in [-0.2, -0.15) is 0 Å². The van der Waals surface area contributed by atoms with Gasteiger partial charge in [0.2, 0.25) is 0 Å². The van der Waals surface area contributed by atoms with Gasteiger partial charge in [0.1, 0.15) is 18.1 Å². The topological polar surface area (TPSA) is 50.8 Å². The third-order valence-corrected chi connectivity index (χ3v) is 4.52. The highest BCUT2D eigenvalue weighted by Gasteiger charge is 2.12. The molecule has 138 valence electrons. The molecule has 3 rings (SSSR count). The van der Waals surface area contributed by atoms with E-state index in [0.29, 0.717) is 18.7 Å². The minimum absolute atomic E-state index is 0.0769. The molecular formula is C21H26N2O3. The summed E-state index contributed by atoms with van der Waals surface area (Å²) in [7, 11) is 1.62. The second kappa shape index (κ2) is 9.25. The fourth-order valence-electron chi connectivity index (χ4n) is 3.09. The number of benzene rings is 2. The molecule has 0 spiro atoms. The molecule has 0 radical (unpaired) electrons. The molecule has 2 aromatic carbocycles. The minimum Gasteiger partial charge on any atom is -0.497 e. The maximum atomic E-state index is 12.2. The van der Waals surface area contributed by atoms with E-state index in [4.69, 9.17) is 9.47 Å². The summed E-state index contributed by atoms with van der Waals surface area (Å²) in [5.41, 5.74) is 1.93. The first kappa shape index (κ1) is 18.3. The molecule has 0 unspecified atom stereocenters. The summed E-state index contributed by atoms with van der Waals surface area (Å²) in [6.07, 6.45) is 2.58. The Labute approximate surface area is 154 Å². The number of amides is 1. The van der Waals surface area contributed by atoms with E-state index in [-0.39, 0.29) is 5.91 Å². The Morgan fingerprint density at radius 2 is 1.81 bits per heavy atom. The van der Waals surface area contributed by atoms with Gasteiger partial charge in [-0.05, 0) is 55.8 Å². The van der Waals surface area contributed by atoms with Gasteiger partial charge in [-0.25, -0.2) is 0 Å². The molecule has 26 heavy (non-hydrogen) atoms. The smallest absolute Gasteiger partial charge is 0.251 e. The second-order valence-corrected chi connectivity index (χ2v) is 6.46. The van der Waals surface area contributed by atoms with Gasteiger partial charge in [0.25, 0.3) is 5.91 Å². The standard InChI is InChI=1S/C21H26N2O3/c1-25-19-5-4-6-20(15-19)26-14-11-22-21(24)18-9-7-17(8-10-18)16-23-12-2-3-13-23/h4-10,15H,2-3,11-14,16H2,1H3,(H,22,24). The Morgan fingerprint density at radius 1 is 1.08 bits per heavy atom. The van der Waals surface area contributed by atoms with Crippen molar-refractivity contribution in [3.63, 3.8) is 0 Å². The van der Waals surface area contributed by atoms with Gasteiger partial charge >= 0.3 is 0 Å². The first-order valence-corrected chi connectivity index (χ1v) is 9.11. The molecule has 0 atom stereocenters. The van der Waals surface area contributed by atoms with Crippen molar-refractivity contribution in [1.29, 1.82) is 0 Å². The molecule has 5 nitrogen and oxygen atoms in total. The molecule has 0 aromatic heterocycles. The highest BCUT2D eigenvalue weighted by Crippen LogP contribution is 2.18. The fourth-order valence-corrected chi connectivity index (χ4v) is 3.09. The lowest BCUT2D eigenvalue weighted by atomic mass is 10.1. The molecule has 0 saturated carbocycles. The minimum atomic E-state index is -0.0769.